The first-order chi connectivity index (χ1) is 18.9. The first-order valence-electron chi connectivity index (χ1n) is 12.5. The van der Waals surface area contributed by atoms with Gasteiger partial charge in [-0.15, -0.1) is 0 Å². The van der Waals surface area contributed by atoms with Gasteiger partial charge in [-0.05, 0) is 48.0 Å². The lowest BCUT2D eigenvalue weighted by molar-refractivity contribution is -0.123. The van der Waals surface area contributed by atoms with Gasteiger partial charge >= 0.3 is 0 Å². The topological polar surface area (TPSA) is 115 Å². The normalized spacial score (nSPS) is 19.1. The molecule has 3 heterocycles. The van der Waals surface area contributed by atoms with E-state index in [1.54, 1.807) is 41.3 Å². The Kier molecular flexibility index (Phi) is 7.53. The molecule has 0 radical (unpaired) electrons. The Morgan fingerprint density at radius 2 is 1.72 bits per heavy atom. The van der Waals surface area contributed by atoms with Crippen molar-refractivity contribution in [1.82, 2.24) is 15.5 Å². The van der Waals surface area contributed by atoms with Gasteiger partial charge in [-0.2, -0.15) is 0 Å². The van der Waals surface area contributed by atoms with Crippen LogP contribution in [0.15, 0.2) is 66.7 Å². The van der Waals surface area contributed by atoms with Gasteiger partial charge in [0, 0.05) is 24.2 Å². The van der Waals surface area contributed by atoms with Crippen LogP contribution in [0.1, 0.15) is 26.3 Å². The molecule has 10 heteroatoms. The molecule has 1 saturated heterocycles. The minimum atomic E-state index is -0.550. The van der Waals surface area contributed by atoms with Crippen LogP contribution in [-0.2, 0) is 11.3 Å². The van der Waals surface area contributed by atoms with Crippen LogP contribution in [0, 0.1) is 0 Å². The summed E-state index contributed by atoms with van der Waals surface area (Å²) < 4.78 is 22.9. The van der Waals surface area contributed by atoms with Gasteiger partial charge < -0.3 is 34.5 Å². The molecule has 202 valence electrons. The number of carbonyl (C=O) groups excluding carboxylic acids is 3. The molecule has 0 unspecified atom stereocenters. The molecule has 1 fully saturated rings. The standard InChI is InChI=1S/C29H29N3O7/c1-36-22-11-9-20-13-25(22)38-17-27(33)30-14-18-8-10-23(24(12-18)37-2)39-26-16-32(15-21(26)31-28(20)34)29(35)19-6-4-3-5-7-19/h3-13,21,26H,14-17H2,1-2H3,(H,30,33)(H,31,34)/t21-,26-/m0/s1. The highest BCUT2D eigenvalue weighted by atomic mass is 16.5. The van der Waals surface area contributed by atoms with Crippen LogP contribution >= 0.6 is 0 Å². The third-order valence-electron chi connectivity index (χ3n) is 6.67. The average molecular weight is 532 g/mol. The number of carbonyl (C=O) groups is 3. The van der Waals surface area contributed by atoms with Crippen molar-refractivity contribution in [2.45, 2.75) is 18.7 Å². The molecule has 0 spiro atoms. The van der Waals surface area contributed by atoms with E-state index < -0.39 is 12.1 Å². The molecular formula is C29H29N3O7. The fourth-order valence-electron chi connectivity index (χ4n) is 4.62. The van der Waals surface area contributed by atoms with Crippen molar-refractivity contribution in [2.75, 3.05) is 33.9 Å². The molecular weight excluding hydrogens is 502 g/mol. The molecule has 3 aromatic rings. The van der Waals surface area contributed by atoms with Crippen molar-refractivity contribution in [2.24, 2.45) is 0 Å². The number of hydrogen-bond acceptors (Lipinski definition) is 7. The summed E-state index contributed by atoms with van der Waals surface area (Å²) in [5.74, 6) is 0.705. The number of amides is 3. The number of nitrogens with one attached hydrogen (secondary N) is 2. The summed E-state index contributed by atoms with van der Waals surface area (Å²) in [5, 5.41) is 5.82. The summed E-state index contributed by atoms with van der Waals surface area (Å²) in [5.41, 5.74) is 1.66. The van der Waals surface area contributed by atoms with Crippen LogP contribution in [0.25, 0.3) is 0 Å². The molecule has 10 nitrogen and oxygen atoms in total. The van der Waals surface area contributed by atoms with Gasteiger partial charge in [-0.1, -0.05) is 24.3 Å². The summed E-state index contributed by atoms with van der Waals surface area (Å²) in [6, 6.07) is 18.6. The first kappa shape index (κ1) is 25.9. The molecule has 3 aliphatic heterocycles. The third-order valence-corrected chi connectivity index (χ3v) is 6.67. The van der Waals surface area contributed by atoms with Crippen molar-refractivity contribution in [3.05, 3.63) is 83.4 Å². The Morgan fingerprint density at radius 1 is 0.923 bits per heavy atom. The first-order valence-corrected chi connectivity index (χ1v) is 12.5. The van der Waals surface area contributed by atoms with E-state index in [1.807, 2.05) is 24.3 Å². The van der Waals surface area contributed by atoms with E-state index in [0.717, 1.165) is 5.56 Å². The third kappa shape index (κ3) is 5.74. The Bertz CT molecular complexity index is 1380. The zero-order valence-electron chi connectivity index (χ0n) is 21.6. The van der Waals surface area contributed by atoms with Crippen LogP contribution in [0.2, 0.25) is 0 Å². The average Bonchev–Trinajstić information content (AvgIpc) is 3.36. The van der Waals surface area contributed by atoms with E-state index in [1.165, 1.54) is 20.3 Å². The van der Waals surface area contributed by atoms with Crippen LogP contribution in [0.3, 0.4) is 0 Å². The predicted octanol–water partition coefficient (Wildman–Crippen LogP) is 2.41. The number of benzene rings is 3. The van der Waals surface area contributed by atoms with Gasteiger partial charge in [-0.25, -0.2) is 0 Å². The summed E-state index contributed by atoms with van der Waals surface area (Å²) >= 11 is 0. The summed E-state index contributed by atoms with van der Waals surface area (Å²) in [6.07, 6.45) is -0.550. The number of fused-ring (bicyclic) bond motifs is 7. The second-order valence-electron chi connectivity index (χ2n) is 9.23. The van der Waals surface area contributed by atoms with Crippen molar-refractivity contribution in [1.29, 1.82) is 0 Å². The van der Waals surface area contributed by atoms with Gasteiger partial charge in [0.1, 0.15) is 6.10 Å². The zero-order chi connectivity index (χ0) is 27.4. The number of ether oxygens (including phenoxy) is 4. The Labute approximate surface area is 225 Å². The van der Waals surface area contributed by atoms with Crippen LogP contribution in [0.4, 0.5) is 0 Å². The van der Waals surface area contributed by atoms with E-state index in [0.29, 0.717) is 28.4 Å². The number of nitrogens with zero attached hydrogens (tertiary/aromatic N) is 1. The Balaban J connectivity index is 1.49. The van der Waals surface area contributed by atoms with Crippen LogP contribution < -0.4 is 29.6 Å². The Hall–Kier alpha value is -4.73. The number of likely N-dealkylation sites (tertiary alicyclic amines) is 1. The number of methoxy groups -OCH3 is 2. The maximum Gasteiger partial charge on any atom is 0.258 e. The highest BCUT2D eigenvalue weighted by Gasteiger charge is 2.39. The monoisotopic (exact) mass is 531 g/mol. The molecule has 4 bridgehead atoms. The van der Waals surface area contributed by atoms with E-state index in [2.05, 4.69) is 10.6 Å². The summed E-state index contributed by atoms with van der Waals surface area (Å²) in [6.45, 7) is 0.502. The van der Waals surface area contributed by atoms with Crippen LogP contribution in [0.5, 0.6) is 23.0 Å². The van der Waals surface area contributed by atoms with Gasteiger partial charge in [-0.3, -0.25) is 14.4 Å². The molecule has 2 atom stereocenters. The van der Waals surface area contributed by atoms with Crippen LogP contribution in [-0.4, -0.2) is 68.7 Å². The molecule has 3 aromatic carbocycles. The van der Waals surface area contributed by atoms with E-state index >= 15 is 0 Å². The van der Waals surface area contributed by atoms with E-state index in [9.17, 15) is 14.4 Å². The van der Waals surface area contributed by atoms with Gasteiger partial charge in [0.25, 0.3) is 17.7 Å². The SMILES string of the molecule is COc1ccc2cc1OCC(=O)NCc1ccc(c(OC)c1)O[C@H]1CN(C(=O)c3ccccc3)C[C@@H]1NC2=O. The molecule has 3 amide bonds. The molecule has 39 heavy (non-hydrogen) atoms. The molecule has 3 aliphatic rings. The largest absolute Gasteiger partial charge is 0.493 e. The minimum Gasteiger partial charge on any atom is -0.493 e. The van der Waals surface area contributed by atoms with Gasteiger partial charge in [0.05, 0.1) is 26.8 Å². The lowest BCUT2D eigenvalue weighted by Gasteiger charge is -2.22. The second-order valence-corrected chi connectivity index (χ2v) is 9.23. The summed E-state index contributed by atoms with van der Waals surface area (Å²) in [7, 11) is 3.01. The van der Waals surface area contributed by atoms with Crippen molar-refractivity contribution in [3.63, 3.8) is 0 Å². The fourth-order valence-corrected chi connectivity index (χ4v) is 4.62. The molecule has 6 rings (SSSR count). The quantitative estimate of drug-likeness (QED) is 0.533. The molecule has 0 saturated carbocycles. The number of hydrogen-bond donors (Lipinski definition) is 2. The van der Waals surface area contributed by atoms with Crippen molar-refractivity contribution < 1.29 is 33.3 Å². The maximum atomic E-state index is 13.4. The minimum absolute atomic E-state index is 0.152. The lowest BCUT2D eigenvalue weighted by atomic mass is 10.1. The highest BCUT2D eigenvalue weighted by molar-refractivity contribution is 5.96. The van der Waals surface area contributed by atoms with Gasteiger partial charge in [0.15, 0.2) is 29.6 Å². The second kappa shape index (κ2) is 11.3. The summed E-state index contributed by atoms with van der Waals surface area (Å²) in [4.78, 5) is 40.7. The van der Waals surface area contributed by atoms with Crippen molar-refractivity contribution in [3.8, 4) is 23.0 Å². The molecule has 2 N–H and O–H groups in total. The number of rotatable bonds is 3. The lowest BCUT2D eigenvalue weighted by Crippen LogP contribution is -2.45. The van der Waals surface area contributed by atoms with Crippen molar-refractivity contribution >= 4 is 17.7 Å². The Morgan fingerprint density at radius 3 is 2.49 bits per heavy atom. The predicted molar refractivity (Wildman–Crippen MR) is 141 cm³/mol. The fraction of sp³-hybridized carbons (Fsp3) is 0.276. The van der Waals surface area contributed by atoms with Gasteiger partial charge in [0.2, 0.25) is 0 Å². The zero-order valence-corrected chi connectivity index (χ0v) is 21.6. The maximum absolute atomic E-state index is 13.4. The highest BCUT2D eigenvalue weighted by Crippen LogP contribution is 2.32. The smallest absolute Gasteiger partial charge is 0.258 e. The molecule has 0 aliphatic carbocycles. The van der Waals surface area contributed by atoms with E-state index in [4.69, 9.17) is 18.9 Å². The molecule has 0 aromatic heterocycles. The van der Waals surface area contributed by atoms with E-state index in [-0.39, 0.29) is 49.7 Å².